The quantitative estimate of drug-likeness (QED) is 0.243. The summed E-state index contributed by atoms with van der Waals surface area (Å²) in [7, 11) is 2.06. The van der Waals surface area contributed by atoms with E-state index in [1.54, 1.807) is 47.5 Å². The minimum Gasteiger partial charge on any atom is -0.508 e. The molecule has 2 amide bonds. The van der Waals surface area contributed by atoms with Gasteiger partial charge in [0.05, 0.1) is 12.1 Å². The molecule has 0 radical (unpaired) electrons. The Morgan fingerprint density at radius 2 is 1.76 bits per heavy atom. The molecule has 8 rings (SSSR count). The van der Waals surface area contributed by atoms with E-state index in [1.165, 1.54) is 0 Å². The van der Waals surface area contributed by atoms with E-state index in [0.29, 0.717) is 47.8 Å². The third kappa shape index (κ3) is 5.75. The van der Waals surface area contributed by atoms with Crippen LogP contribution in [0.1, 0.15) is 25.7 Å². The molecular formula is C37H36FN7O4. The van der Waals surface area contributed by atoms with Crippen molar-refractivity contribution in [1.29, 1.82) is 0 Å². The van der Waals surface area contributed by atoms with Crippen molar-refractivity contribution >= 4 is 45.1 Å². The molecule has 3 saturated heterocycles. The molecule has 12 heteroatoms. The highest BCUT2D eigenvalue weighted by Crippen LogP contribution is 2.40. The van der Waals surface area contributed by atoms with Gasteiger partial charge in [0.1, 0.15) is 29.5 Å². The first kappa shape index (κ1) is 30.9. The van der Waals surface area contributed by atoms with Crippen LogP contribution in [0, 0.1) is 5.82 Å². The standard InChI is InChI=1S/C37H36FN7O4/c1-43-16-6-8-25(43)21-49-37-41-33-29(14-13-28(32(33)38)30-18-26(46)17-22-7-2-3-9-27(22)30)34(42-37)44-19-23-11-12-24(20-44)45(23)36(48)35(47)40-31-10-4-5-15-39-31/h2-5,7,9-10,13-15,17-18,23-25,46H,6,8,11-12,16,19-21H2,1H3,(H,39,40,47). The number of rotatable bonds is 6. The number of fused-ring (bicyclic) bond motifs is 4. The summed E-state index contributed by atoms with van der Waals surface area (Å²) in [5.74, 6) is -0.980. The average Bonchev–Trinajstić information content (AvgIpc) is 3.64. The summed E-state index contributed by atoms with van der Waals surface area (Å²) in [5.41, 5.74) is 0.977. The van der Waals surface area contributed by atoms with Gasteiger partial charge in [0, 0.05) is 36.3 Å². The molecule has 2 aromatic heterocycles. The van der Waals surface area contributed by atoms with Gasteiger partial charge in [-0.05, 0) is 85.9 Å². The molecule has 3 atom stereocenters. The molecule has 2 N–H and O–H groups in total. The summed E-state index contributed by atoms with van der Waals surface area (Å²) in [4.78, 5) is 45.9. The monoisotopic (exact) mass is 661 g/mol. The molecule has 3 aromatic carbocycles. The third-order valence-electron chi connectivity index (χ3n) is 10.1. The van der Waals surface area contributed by atoms with E-state index in [-0.39, 0.29) is 35.4 Å². The van der Waals surface area contributed by atoms with E-state index in [1.807, 2.05) is 30.3 Å². The average molecular weight is 662 g/mol. The van der Waals surface area contributed by atoms with Gasteiger partial charge < -0.3 is 29.9 Å². The molecule has 11 nitrogen and oxygen atoms in total. The van der Waals surface area contributed by atoms with Crippen LogP contribution in [-0.2, 0) is 9.59 Å². The maximum atomic E-state index is 16.8. The van der Waals surface area contributed by atoms with Crippen LogP contribution in [0.4, 0.5) is 16.0 Å². The fourth-order valence-corrected chi connectivity index (χ4v) is 7.65. The number of ether oxygens (including phenoxy) is 1. The molecule has 2 bridgehead atoms. The number of likely N-dealkylation sites (N-methyl/N-ethyl adjacent to an activating group) is 1. The first-order chi connectivity index (χ1) is 23.8. The van der Waals surface area contributed by atoms with E-state index < -0.39 is 17.6 Å². The number of halogens is 1. The van der Waals surface area contributed by atoms with Crippen molar-refractivity contribution in [3.63, 3.8) is 0 Å². The maximum absolute atomic E-state index is 16.8. The van der Waals surface area contributed by atoms with Crippen LogP contribution < -0.4 is 15.0 Å². The normalized spacial score (nSPS) is 20.7. The van der Waals surface area contributed by atoms with E-state index >= 15 is 4.39 Å². The number of carbonyl (C=O) groups excluding carboxylic acids is 2. The highest BCUT2D eigenvalue weighted by molar-refractivity contribution is 6.39. The van der Waals surface area contributed by atoms with Gasteiger partial charge in [-0.3, -0.25) is 9.59 Å². The van der Waals surface area contributed by atoms with E-state index in [4.69, 9.17) is 9.72 Å². The lowest BCUT2D eigenvalue weighted by atomic mass is 9.96. The Morgan fingerprint density at radius 3 is 2.51 bits per heavy atom. The predicted octanol–water partition coefficient (Wildman–Crippen LogP) is 4.98. The number of phenolic OH excluding ortho intramolecular Hbond substituents is 1. The molecule has 49 heavy (non-hydrogen) atoms. The largest absolute Gasteiger partial charge is 0.508 e. The van der Waals surface area contributed by atoms with Crippen molar-refractivity contribution in [2.75, 3.05) is 43.5 Å². The highest BCUT2D eigenvalue weighted by atomic mass is 19.1. The number of piperazine rings is 1. The molecular weight excluding hydrogens is 625 g/mol. The Morgan fingerprint density at radius 1 is 0.959 bits per heavy atom. The molecule has 3 aliphatic heterocycles. The second-order valence-corrected chi connectivity index (χ2v) is 13.1. The molecule has 3 aliphatic rings. The molecule has 0 spiro atoms. The molecule has 3 unspecified atom stereocenters. The van der Waals surface area contributed by atoms with Crippen molar-refractivity contribution < 1.29 is 23.8 Å². The molecule has 5 heterocycles. The Balaban J connectivity index is 1.15. The highest BCUT2D eigenvalue weighted by Gasteiger charge is 2.45. The number of phenols is 1. The molecule has 0 aliphatic carbocycles. The zero-order valence-electron chi connectivity index (χ0n) is 27.1. The van der Waals surface area contributed by atoms with Crippen LogP contribution in [0.3, 0.4) is 0 Å². The summed E-state index contributed by atoms with van der Waals surface area (Å²) in [5, 5.41) is 15.2. The van der Waals surface area contributed by atoms with Crippen LogP contribution in [0.5, 0.6) is 11.8 Å². The fraction of sp³-hybridized carbons (Fsp3) is 0.324. The van der Waals surface area contributed by atoms with Crippen LogP contribution in [0.2, 0.25) is 0 Å². The molecule has 5 aromatic rings. The second kappa shape index (κ2) is 12.6. The van der Waals surface area contributed by atoms with Crippen molar-refractivity contribution in [2.45, 2.75) is 43.8 Å². The lowest BCUT2D eigenvalue weighted by molar-refractivity contribution is -0.145. The lowest BCUT2D eigenvalue weighted by Gasteiger charge is -2.41. The first-order valence-corrected chi connectivity index (χ1v) is 16.7. The van der Waals surface area contributed by atoms with Crippen molar-refractivity contribution in [3.05, 3.63) is 78.7 Å². The Kier molecular flexibility index (Phi) is 7.95. The first-order valence-electron chi connectivity index (χ1n) is 16.7. The number of nitrogens with zero attached hydrogens (tertiary/aromatic N) is 6. The number of aromatic hydroxyl groups is 1. The summed E-state index contributed by atoms with van der Waals surface area (Å²) in [6.07, 6.45) is 5.08. The second-order valence-electron chi connectivity index (χ2n) is 13.1. The topological polar surface area (TPSA) is 124 Å². The number of anilines is 2. The predicted molar refractivity (Wildman–Crippen MR) is 184 cm³/mol. The molecule has 3 fully saturated rings. The van der Waals surface area contributed by atoms with Crippen LogP contribution >= 0.6 is 0 Å². The number of likely N-dealkylation sites (tertiary alicyclic amines) is 1. The van der Waals surface area contributed by atoms with Crippen molar-refractivity contribution in [2.24, 2.45) is 0 Å². The van der Waals surface area contributed by atoms with E-state index in [2.05, 4.69) is 32.1 Å². The Labute approximate surface area is 282 Å². The van der Waals surface area contributed by atoms with Gasteiger partial charge in [0.15, 0.2) is 5.82 Å². The zero-order valence-corrected chi connectivity index (χ0v) is 27.1. The van der Waals surface area contributed by atoms with Crippen LogP contribution in [0.25, 0.3) is 32.8 Å². The van der Waals surface area contributed by atoms with E-state index in [9.17, 15) is 14.7 Å². The van der Waals surface area contributed by atoms with Gasteiger partial charge in [0.2, 0.25) is 0 Å². The van der Waals surface area contributed by atoms with Gasteiger partial charge in [-0.15, -0.1) is 0 Å². The van der Waals surface area contributed by atoms with Gasteiger partial charge in [-0.2, -0.15) is 9.97 Å². The fourth-order valence-electron chi connectivity index (χ4n) is 7.65. The number of aromatic nitrogens is 3. The molecule has 250 valence electrons. The van der Waals surface area contributed by atoms with Gasteiger partial charge in [0.25, 0.3) is 0 Å². The van der Waals surface area contributed by atoms with Gasteiger partial charge in [-0.1, -0.05) is 36.4 Å². The summed E-state index contributed by atoms with van der Waals surface area (Å²) in [6.45, 7) is 2.19. The SMILES string of the molecule is CN1CCCC1COc1nc(N2CC3CCC(C2)N3C(=O)C(=O)Nc2ccccn2)c2ccc(-c3cc(O)cc4ccccc34)c(F)c2n1. The van der Waals surface area contributed by atoms with Gasteiger partial charge in [-0.25, -0.2) is 9.37 Å². The van der Waals surface area contributed by atoms with Crippen molar-refractivity contribution in [3.8, 4) is 22.9 Å². The minimum absolute atomic E-state index is 0.0397. The number of carbonyl (C=O) groups is 2. The Hall–Kier alpha value is -5.36. The third-order valence-corrected chi connectivity index (χ3v) is 10.1. The number of hydrogen-bond donors (Lipinski definition) is 2. The number of amides is 2. The number of pyridine rings is 1. The molecule has 0 saturated carbocycles. The number of benzene rings is 3. The van der Waals surface area contributed by atoms with Crippen LogP contribution in [-0.4, -0.2) is 93.1 Å². The summed E-state index contributed by atoms with van der Waals surface area (Å²) >= 11 is 0. The smallest absolute Gasteiger partial charge is 0.319 e. The van der Waals surface area contributed by atoms with E-state index in [0.717, 1.165) is 43.0 Å². The van der Waals surface area contributed by atoms with Gasteiger partial charge >= 0.3 is 17.8 Å². The zero-order chi connectivity index (χ0) is 33.6. The number of hydrogen-bond acceptors (Lipinski definition) is 9. The van der Waals surface area contributed by atoms with Crippen molar-refractivity contribution in [1.82, 2.24) is 24.8 Å². The van der Waals surface area contributed by atoms with Crippen LogP contribution in [0.15, 0.2) is 72.9 Å². The summed E-state index contributed by atoms with van der Waals surface area (Å²) in [6, 6.07) is 19.2. The lowest BCUT2D eigenvalue weighted by Crippen LogP contribution is -2.58. The number of nitrogens with one attached hydrogen (secondary N) is 1. The summed E-state index contributed by atoms with van der Waals surface area (Å²) < 4.78 is 23.0. The minimum atomic E-state index is -0.724. The Bertz CT molecular complexity index is 2070. The maximum Gasteiger partial charge on any atom is 0.319 e.